The fraction of sp³-hybridized carbons (Fsp3) is 0.231. The maximum Gasteiger partial charge on any atom is 0.254 e. The Morgan fingerprint density at radius 2 is 2.11 bits per heavy atom. The monoisotopic (exact) mass is 245 g/mol. The first-order valence-corrected chi connectivity index (χ1v) is 5.77. The Bertz CT molecular complexity index is 589. The van der Waals surface area contributed by atoms with Gasteiger partial charge in [0, 0.05) is 29.2 Å². The van der Waals surface area contributed by atoms with Gasteiger partial charge in [0.25, 0.3) is 5.91 Å². The van der Waals surface area contributed by atoms with Gasteiger partial charge in [-0.05, 0) is 25.1 Å². The number of fused-ring (bicyclic) bond motifs is 1. The Kier molecular flexibility index (Phi) is 3.32. The van der Waals surface area contributed by atoms with E-state index in [4.69, 9.17) is 5.73 Å². The highest BCUT2D eigenvalue weighted by Crippen LogP contribution is 2.18. The van der Waals surface area contributed by atoms with Crippen LogP contribution in [0.1, 0.15) is 17.3 Å². The molecule has 0 aliphatic carbocycles. The quantitative estimate of drug-likeness (QED) is 0.846. The number of carbonyl (C=O) groups is 2. The molecule has 2 amide bonds. The predicted molar refractivity (Wildman–Crippen MR) is 69.1 cm³/mol. The van der Waals surface area contributed by atoms with E-state index < -0.39 is 5.91 Å². The molecule has 94 valence electrons. The van der Waals surface area contributed by atoms with Crippen molar-refractivity contribution in [3.05, 3.63) is 36.0 Å². The number of H-pyrrole nitrogens is 1. The Morgan fingerprint density at radius 3 is 2.78 bits per heavy atom. The van der Waals surface area contributed by atoms with Gasteiger partial charge in [-0.1, -0.05) is 6.07 Å². The van der Waals surface area contributed by atoms with Crippen molar-refractivity contribution in [1.29, 1.82) is 0 Å². The first kappa shape index (κ1) is 12.2. The zero-order chi connectivity index (χ0) is 13.1. The number of nitrogens with two attached hydrogens (primary N) is 1. The zero-order valence-electron chi connectivity index (χ0n) is 10.1. The van der Waals surface area contributed by atoms with Crippen LogP contribution in [0.4, 0.5) is 0 Å². The van der Waals surface area contributed by atoms with Gasteiger partial charge < -0.3 is 15.6 Å². The Balaban J connectivity index is 2.37. The van der Waals surface area contributed by atoms with Gasteiger partial charge in [0.2, 0.25) is 5.91 Å². The fourth-order valence-corrected chi connectivity index (χ4v) is 1.96. The van der Waals surface area contributed by atoms with Gasteiger partial charge in [0.1, 0.15) is 0 Å². The summed E-state index contributed by atoms with van der Waals surface area (Å²) in [5, 5.41) is 0.852. The number of rotatable bonds is 4. The van der Waals surface area contributed by atoms with E-state index in [0.717, 1.165) is 10.9 Å². The van der Waals surface area contributed by atoms with E-state index in [1.807, 2.05) is 25.1 Å². The van der Waals surface area contributed by atoms with Gasteiger partial charge in [0.05, 0.1) is 6.54 Å². The van der Waals surface area contributed by atoms with Crippen molar-refractivity contribution >= 4 is 22.7 Å². The molecule has 0 radical (unpaired) electrons. The number of hydrogen-bond donors (Lipinski definition) is 2. The number of nitrogens with one attached hydrogen (secondary N) is 1. The normalized spacial score (nSPS) is 10.5. The van der Waals surface area contributed by atoms with E-state index in [1.165, 1.54) is 4.90 Å². The molecule has 2 aromatic rings. The molecular weight excluding hydrogens is 230 g/mol. The number of primary amides is 1. The van der Waals surface area contributed by atoms with Crippen LogP contribution in [-0.2, 0) is 4.79 Å². The average molecular weight is 245 g/mol. The lowest BCUT2D eigenvalue weighted by atomic mass is 10.1. The summed E-state index contributed by atoms with van der Waals surface area (Å²) in [7, 11) is 0. The molecule has 18 heavy (non-hydrogen) atoms. The molecule has 3 N–H and O–H groups in total. The smallest absolute Gasteiger partial charge is 0.254 e. The molecule has 1 aromatic heterocycles. The third kappa shape index (κ3) is 2.20. The largest absolute Gasteiger partial charge is 0.368 e. The highest BCUT2D eigenvalue weighted by molar-refractivity contribution is 6.07. The first-order chi connectivity index (χ1) is 8.63. The highest BCUT2D eigenvalue weighted by Gasteiger charge is 2.18. The third-order valence-electron chi connectivity index (χ3n) is 2.84. The molecule has 2 rings (SSSR count). The number of aromatic nitrogens is 1. The number of likely N-dealkylation sites (N-methyl/N-ethyl adjacent to an activating group) is 1. The predicted octanol–water partition coefficient (Wildman–Crippen LogP) is 1.12. The SMILES string of the molecule is CCN(CC(N)=O)C(=O)c1cccc2[nH]ccc12. The van der Waals surface area contributed by atoms with Gasteiger partial charge in [-0.25, -0.2) is 0 Å². The minimum Gasteiger partial charge on any atom is -0.368 e. The summed E-state index contributed by atoms with van der Waals surface area (Å²) in [5.74, 6) is -0.687. The minimum absolute atomic E-state index is 0.0594. The number of amides is 2. The second-order valence-electron chi connectivity index (χ2n) is 4.03. The first-order valence-electron chi connectivity index (χ1n) is 5.77. The molecule has 0 unspecified atom stereocenters. The lowest BCUT2D eigenvalue weighted by Gasteiger charge is -2.19. The minimum atomic E-state index is -0.508. The molecule has 0 saturated heterocycles. The van der Waals surface area contributed by atoms with Crippen LogP contribution in [0.3, 0.4) is 0 Å². The van der Waals surface area contributed by atoms with E-state index in [1.54, 1.807) is 12.3 Å². The van der Waals surface area contributed by atoms with Gasteiger partial charge in [-0.2, -0.15) is 0 Å². The number of hydrogen-bond acceptors (Lipinski definition) is 2. The zero-order valence-corrected chi connectivity index (χ0v) is 10.1. The molecule has 5 heteroatoms. The summed E-state index contributed by atoms with van der Waals surface area (Å²) in [6, 6.07) is 7.31. The van der Waals surface area contributed by atoms with Gasteiger partial charge in [-0.3, -0.25) is 9.59 Å². The number of carbonyl (C=O) groups excluding carboxylic acids is 2. The van der Waals surface area contributed by atoms with Crippen LogP contribution < -0.4 is 5.73 Å². The molecule has 0 spiro atoms. The fourth-order valence-electron chi connectivity index (χ4n) is 1.96. The van der Waals surface area contributed by atoms with Gasteiger partial charge >= 0.3 is 0 Å². The average Bonchev–Trinajstić information content (AvgIpc) is 2.82. The second kappa shape index (κ2) is 4.91. The topological polar surface area (TPSA) is 79.2 Å². The van der Waals surface area contributed by atoms with Crippen LogP contribution in [0.15, 0.2) is 30.5 Å². The number of benzene rings is 1. The third-order valence-corrected chi connectivity index (χ3v) is 2.84. The van der Waals surface area contributed by atoms with Crippen molar-refractivity contribution in [2.45, 2.75) is 6.92 Å². The molecule has 0 aliphatic rings. The summed E-state index contributed by atoms with van der Waals surface area (Å²) >= 11 is 0. The summed E-state index contributed by atoms with van der Waals surface area (Å²) in [5.41, 5.74) is 6.62. The Morgan fingerprint density at radius 1 is 1.33 bits per heavy atom. The van der Waals surface area contributed by atoms with Crippen molar-refractivity contribution in [3.8, 4) is 0 Å². The molecule has 1 heterocycles. The molecule has 0 atom stereocenters. The van der Waals surface area contributed by atoms with E-state index in [2.05, 4.69) is 4.98 Å². The lowest BCUT2D eigenvalue weighted by Crippen LogP contribution is -2.38. The van der Waals surface area contributed by atoms with E-state index >= 15 is 0 Å². The summed E-state index contributed by atoms with van der Waals surface area (Å²) < 4.78 is 0. The van der Waals surface area contributed by atoms with Crippen LogP contribution in [-0.4, -0.2) is 34.8 Å². The lowest BCUT2D eigenvalue weighted by molar-refractivity contribution is -0.118. The summed E-state index contributed by atoms with van der Waals surface area (Å²) in [6.45, 7) is 2.21. The van der Waals surface area contributed by atoms with Gasteiger partial charge in [0.15, 0.2) is 0 Å². The number of nitrogens with zero attached hydrogens (tertiary/aromatic N) is 1. The Labute approximate surface area is 105 Å². The van der Waals surface area contributed by atoms with E-state index in [-0.39, 0.29) is 12.5 Å². The van der Waals surface area contributed by atoms with Crippen LogP contribution in [0, 0.1) is 0 Å². The molecule has 0 aliphatic heterocycles. The molecule has 1 aromatic carbocycles. The molecule has 5 nitrogen and oxygen atoms in total. The highest BCUT2D eigenvalue weighted by atomic mass is 16.2. The van der Waals surface area contributed by atoms with Gasteiger partial charge in [-0.15, -0.1) is 0 Å². The van der Waals surface area contributed by atoms with Crippen LogP contribution in [0.25, 0.3) is 10.9 Å². The summed E-state index contributed by atoms with van der Waals surface area (Å²) in [4.78, 5) is 27.8. The van der Waals surface area contributed by atoms with Crippen molar-refractivity contribution in [2.24, 2.45) is 5.73 Å². The molecule has 0 bridgehead atoms. The van der Waals surface area contributed by atoms with E-state index in [9.17, 15) is 9.59 Å². The molecule has 0 saturated carbocycles. The van der Waals surface area contributed by atoms with Crippen molar-refractivity contribution in [3.63, 3.8) is 0 Å². The van der Waals surface area contributed by atoms with Crippen molar-refractivity contribution < 1.29 is 9.59 Å². The second-order valence-corrected chi connectivity index (χ2v) is 4.03. The molecule has 0 fully saturated rings. The van der Waals surface area contributed by atoms with Crippen LogP contribution in [0.2, 0.25) is 0 Å². The summed E-state index contributed by atoms with van der Waals surface area (Å²) in [6.07, 6.45) is 1.78. The van der Waals surface area contributed by atoms with Crippen molar-refractivity contribution in [2.75, 3.05) is 13.1 Å². The standard InChI is InChI=1S/C13H15N3O2/c1-2-16(8-12(14)17)13(18)10-4-3-5-11-9(10)6-7-15-11/h3-7,15H,2,8H2,1H3,(H2,14,17). The number of aromatic amines is 1. The van der Waals surface area contributed by atoms with E-state index in [0.29, 0.717) is 12.1 Å². The molecular formula is C13H15N3O2. The van der Waals surface area contributed by atoms with Crippen LogP contribution in [0.5, 0.6) is 0 Å². The Hall–Kier alpha value is -2.30. The van der Waals surface area contributed by atoms with Crippen molar-refractivity contribution in [1.82, 2.24) is 9.88 Å². The maximum atomic E-state index is 12.3. The van der Waals surface area contributed by atoms with Crippen LogP contribution >= 0.6 is 0 Å². The maximum absolute atomic E-state index is 12.3.